The highest BCUT2D eigenvalue weighted by Crippen LogP contribution is 2.35. The van der Waals surface area contributed by atoms with Crippen molar-refractivity contribution >= 4 is 45.9 Å². The van der Waals surface area contributed by atoms with E-state index in [0.29, 0.717) is 4.91 Å². The molecule has 0 spiro atoms. The van der Waals surface area contributed by atoms with Gasteiger partial charge in [-0.2, -0.15) is 0 Å². The Morgan fingerprint density at radius 3 is 2.69 bits per heavy atom. The number of ether oxygens (including phenoxy) is 1. The fourth-order valence-electron chi connectivity index (χ4n) is 2.98. The Hall–Kier alpha value is -2.54. The van der Waals surface area contributed by atoms with E-state index < -0.39 is 23.2 Å². The fraction of sp³-hybridized carbons (Fsp3) is 0.316. The van der Waals surface area contributed by atoms with Crippen LogP contribution in [0.2, 0.25) is 0 Å². The molecule has 1 fully saturated rings. The molecule has 0 aliphatic carbocycles. The maximum absolute atomic E-state index is 12.7. The van der Waals surface area contributed by atoms with E-state index >= 15 is 0 Å². The number of hydrogen-bond donors (Lipinski definition) is 0. The molecule has 0 radical (unpaired) electrons. The summed E-state index contributed by atoms with van der Waals surface area (Å²) in [6, 6.07) is 6.97. The van der Waals surface area contributed by atoms with Crippen molar-refractivity contribution < 1.29 is 19.1 Å². The topological polar surface area (TPSA) is 68.6 Å². The lowest BCUT2D eigenvalue weighted by molar-refractivity contribution is -0.150. The molecule has 0 N–H and O–H groups in total. The summed E-state index contributed by atoms with van der Waals surface area (Å²) >= 11 is 0.847. The number of esters is 1. The minimum atomic E-state index is -0.940. The van der Waals surface area contributed by atoms with Crippen molar-refractivity contribution in [3.8, 4) is 0 Å². The second kappa shape index (κ2) is 7.37. The van der Waals surface area contributed by atoms with E-state index in [-0.39, 0.29) is 6.61 Å². The number of aryl methyl sites for hydroxylation is 1. The summed E-state index contributed by atoms with van der Waals surface area (Å²) < 4.78 is 7.01. The molecule has 136 valence electrons. The predicted molar refractivity (Wildman–Crippen MR) is 102 cm³/mol. The summed E-state index contributed by atoms with van der Waals surface area (Å²) in [5.74, 6) is -1.05. The van der Waals surface area contributed by atoms with Crippen LogP contribution in [-0.4, -0.2) is 39.2 Å². The highest BCUT2D eigenvalue weighted by Gasteiger charge is 2.41. The van der Waals surface area contributed by atoms with E-state index in [2.05, 4.69) is 4.57 Å². The van der Waals surface area contributed by atoms with Gasteiger partial charge in [-0.15, -0.1) is 0 Å². The van der Waals surface area contributed by atoms with E-state index in [1.54, 1.807) is 13.0 Å². The first-order valence-electron chi connectivity index (χ1n) is 8.49. The first kappa shape index (κ1) is 18.3. The van der Waals surface area contributed by atoms with Crippen LogP contribution >= 0.6 is 11.8 Å². The smallest absolute Gasteiger partial charge is 0.329 e. The Kier molecular flexibility index (Phi) is 5.18. The number of nitrogens with zero attached hydrogens (tertiary/aromatic N) is 2. The quantitative estimate of drug-likeness (QED) is 0.592. The van der Waals surface area contributed by atoms with Crippen molar-refractivity contribution in [3.05, 3.63) is 40.9 Å². The molecule has 7 heteroatoms. The molecule has 6 nitrogen and oxygen atoms in total. The number of imide groups is 1. The molecule has 2 aromatic rings. The van der Waals surface area contributed by atoms with E-state index in [4.69, 9.17) is 4.74 Å². The summed E-state index contributed by atoms with van der Waals surface area (Å²) in [7, 11) is 0. The van der Waals surface area contributed by atoms with Crippen molar-refractivity contribution in [2.24, 2.45) is 0 Å². The molecule has 1 aromatic carbocycles. The molecule has 26 heavy (non-hydrogen) atoms. The van der Waals surface area contributed by atoms with E-state index in [0.717, 1.165) is 39.7 Å². The van der Waals surface area contributed by atoms with Crippen LogP contribution in [0.4, 0.5) is 4.79 Å². The standard InChI is InChI=1S/C19H20N2O4S/c1-4-20-11-13(14-8-6-7-9-15(14)20)10-16-17(22)21(19(24)26-16)12(3)18(23)25-5-2/h6-12H,4-5H2,1-3H3/b16-10-. The number of fused-ring (bicyclic) bond motifs is 1. The lowest BCUT2D eigenvalue weighted by Crippen LogP contribution is -2.42. The number of carbonyl (C=O) groups excluding carboxylic acids is 3. The van der Waals surface area contributed by atoms with Crippen LogP contribution < -0.4 is 0 Å². The Morgan fingerprint density at radius 1 is 1.27 bits per heavy atom. The van der Waals surface area contributed by atoms with Gasteiger partial charge in [0.25, 0.3) is 11.1 Å². The molecular weight excluding hydrogens is 352 g/mol. The largest absolute Gasteiger partial charge is 0.464 e. The van der Waals surface area contributed by atoms with Gasteiger partial charge in [-0.3, -0.25) is 14.5 Å². The lowest BCUT2D eigenvalue weighted by Gasteiger charge is -2.19. The lowest BCUT2D eigenvalue weighted by atomic mass is 10.1. The number of amides is 2. The molecule has 2 amide bonds. The molecule has 1 saturated heterocycles. The summed E-state index contributed by atoms with van der Waals surface area (Å²) in [6.45, 7) is 6.23. The van der Waals surface area contributed by atoms with Crippen LogP contribution in [-0.2, 0) is 20.9 Å². The van der Waals surface area contributed by atoms with Crippen LogP contribution in [0.5, 0.6) is 0 Å². The van der Waals surface area contributed by atoms with Gasteiger partial charge in [0, 0.05) is 29.2 Å². The Labute approximate surface area is 155 Å². The Balaban J connectivity index is 1.95. The Morgan fingerprint density at radius 2 is 2.00 bits per heavy atom. The normalized spacial score (nSPS) is 17.3. The van der Waals surface area contributed by atoms with Gasteiger partial charge in [-0.1, -0.05) is 18.2 Å². The van der Waals surface area contributed by atoms with Gasteiger partial charge in [0.05, 0.1) is 11.5 Å². The van der Waals surface area contributed by atoms with E-state index in [1.807, 2.05) is 37.4 Å². The molecular formula is C19H20N2O4S. The number of rotatable bonds is 5. The average Bonchev–Trinajstić information content (AvgIpc) is 3.12. The first-order valence-corrected chi connectivity index (χ1v) is 9.31. The Bertz CT molecular complexity index is 915. The van der Waals surface area contributed by atoms with E-state index in [9.17, 15) is 14.4 Å². The minimum Gasteiger partial charge on any atom is -0.464 e. The molecule has 2 heterocycles. The molecule has 1 aromatic heterocycles. The highest BCUT2D eigenvalue weighted by atomic mass is 32.2. The molecule has 3 rings (SSSR count). The zero-order valence-corrected chi connectivity index (χ0v) is 15.7. The first-order chi connectivity index (χ1) is 12.5. The predicted octanol–water partition coefficient (Wildman–Crippen LogP) is 3.65. The third kappa shape index (κ3) is 3.14. The maximum Gasteiger partial charge on any atom is 0.329 e. The van der Waals surface area contributed by atoms with Crippen molar-refractivity contribution in [1.82, 2.24) is 9.47 Å². The molecule has 1 unspecified atom stereocenters. The van der Waals surface area contributed by atoms with Gasteiger partial charge in [0.1, 0.15) is 6.04 Å². The molecule has 0 bridgehead atoms. The molecule has 1 aliphatic rings. The third-order valence-corrected chi connectivity index (χ3v) is 5.17. The fourth-order valence-corrected chi connectivity index (χ4v) is 3.87. The zero-order valence-electron chi connectivity index (χ0n) is 14.9. The number of carbonyl (C=O) groups is 3. The molecule has 0 saturated carbocycles. The number of hydrogen-bond acceptors (Lipinski definition) is 5. The monoisotopic (exact) mass is 372 g/mol. The minimum absolute atomic E-state index is 0.200. The van der Waals surface area contributed by atoms with Crippen LogP contribution in [0.3, 0.4) is 0 Å². The SMILES string of the molecule is CCOC(=O)C(C)N1C(=O)S/C(=C\c2cn(CC)c3ccccc23)C1=O. The van der Waals surface area contributed by atoms with Crippen LogP contribution in [0.25, 0.3) is 17.0 Å². The van der Waals surface area contributed by atoms with Crippen molar-refractivity contribution in [2.45, 2.75) is 33.4 Å². The highest BCUT2D eigenvalue weighted by molar-refractivity contribution is 8.18. The summed E-state index contributed by atoms with van der Waals surface area (Å²) in [5.41, 5.74) is 1.94. The number of benzene rings is 1. The average molecular weight is 372 g/mol. The van der Waals surface area contributed by atoms with Crippen molar-refractivity contribution in [1.29, 1.82) is 0 Å². The van der Waals surface area contributed by atoms with Gasteiger partial charge in [0.15, 0.2) is 0 Å². The zero-order chi connectivity index (χ0) is 18.8. The number of para-hydroxylation sites is 1. The van der Waals surface area contributed by atoms with Gasteiger partial charge in [-0.25, -0.2) is 4.79 Å². The molecule has 1 aliphatic heterocycles. The van der Waals surface area contributed by atoms with Gasteiger partial charge in [-0.05, 0) is 44.7 Å². The van der Waals surface area contributed by atoms with Crippen LogP contribution in [0.15, 0.2) is 35.4 Å². The second-order valence-electron chi connectivity index (χ2n) is 5.87. The summed E-state index contributed by atoms with van der Waals surface area (Å²) in [5, 5.41) is 0.556. The van der Waals surface area contributed by atoms with Crippen molar-refractivity contribution in [3.63, 3.8) is 0 Å². The van der Waals surface area contributed by atoms with Gasteiger partial charge < -0.3 is 9.30 Å². The van der Waals surface area contributed by atoms with Gasteiger partial charge >= 0.3 is 5.97 Å². The summed E-state index contributed by atoms with van der Waals surface area (Å²) in [4.78, 5) is 38.1. The van der Waals surface area contributed by atoms with Crippen molar-refractivity contribution in [2.75, 3.05) is 6.61 Å². The van der Waals surface area contributed by atoms with Gasteiger partial charge in [0.2, 0.25) is 0 Å². The maximum atomic E-state index is 12.7. The molecule has 1 atom stereocenters. The number of aromatic nitrogens is 1. The van der Waals surface area contributed by atoms with Crippen LogP contribution in [0.1, 0.15) is 26.3 Å². The number of thioether (sulfide) groups is 1. The van der Waals surface area contributed by atoms with Crippen LogP contribution in [0, 0.1) is 0 Å². The summed E-state index contributed by atoms with van der Waals surface area (Å²) in [6.07, 6.45) is 3.69. The third-order valence-electron chi connectivity index (χ3n) is 4.29. The van der Waals surface area contributed by atoms with E-state index in [1.165, 1.54) is 6.92 Å². The second-order valence-corrected chi connectivity index (χ2v) is 6.86.